The Hall–Kier alpha value is -2.28. The zero-order valence-electron chi connectivity index (χ0n) is 11.6. The van der Waals surface area contributed by atoms with Gasteiger partial charge in [0, 0.05) is 0 Å². The van der Waals surface area contributed by atoms with Crippen molar-refractivity contribution in [2.45, 2.75) is 19.1 Å². The highest BCUT2D eigenvalue weighted by Crippen LogP contribution is 2.22. The smallest absolute Gasteiger partial charge is 0.370 e. The lowest BCUT2D eigenvalue weighted by molar-refractivity contribution is -0.145. The maximum Gasteiger partial charge on any atom is 0.370 e. The van der Waals surface area contributed by atoms with E-state index in [0.29, 0.717) is 5.56 Å². The number of hydrogen-bond donors (Lipinski definition) is 1. The lowest BCUT2D eigenvalue weighted by Crippen LogP contribution is -2.47. The van der Waals surface area contributed by atoms with Crippen LogP contribution in [0.5, 0.6) is 0 Å². The van der Waals surface area contributed by atoms with Gasteiger partial charge in [-0.3, -0.25) is 0 Å². The van der Waals surface area contributed by atoms with Gasteiger partial charge in [0.1, 0.15) is 6.61 Å². The molecule has 0 amide bonds. The summed E-state index contributed by atoms with van der Waals surface area (Å²) in [6.07, 6.45) is 0. The standard InChI is InChI=1S/C14H15F2NO4/c1-14(17,13(19)20-2)11(16)10(15)12(18)21-8-9-6-4-3-5-7-9/h3-7H,8,17H2,1-2H3/b11-10+. The Labute approximate surface area is 120 Å². The molecule has 0 aliphatic carbocycles. The van der Waals surface area contributed by atoms with Crippen molar-refractivity contribution in [2.75, 3.05) is 7.11 Å². The number of esters is 2. The van der Waals surface area contributed by atoms with Crippen LogP contribution in [0.3, 0.4) is 0 Å². The number of methoxy groups -OCH3 is 1. The van der Waals surface area contributed by atoms with E-state index < -0.39 is 29.1 Å². The summed E-state index contributed by atoms with van der Waals surface area (Å²) in [5, 5.41) is 0. The summed E-state index contributed by atoms with van der Waals surface area (Å²) in [5.41, 5.74) is 3.51. The summed E-state index contributed by atoms with van der Waals surface area (Å²) < 4.78 is 36.2. The average Bonchev–Trinajstić information content (AvgIpc) is 2.51. The number of halogens is 2. The summed E-state index contributed by atoms with van der Waals surface area (Å²) in [4.78, 5) is 22.7. The lowest BCUT2D eigenvalue weighted by Gasteiger charge is -2.19. The fourth-order valence-electron chi connectivity index (χ4n) is 1.41. The van der Waals surface area contributed by atoms with E-state index in [1.54, 1.807) is 30.3 Å². The lowest BCUT2D eigenvalue weighted by atomic mass is 10.0. The van der Waals surface area contributed by atoms with E-state index >= 15 is 0 Å². The first kappa shape index (κ1) is 16.8. The minimum absolute atomic E-state index is 0.236. The van der Waals surface area contributed by atoms with Gasteiger partial charge in [0.2, 0.25) is 5.83 Å². The Balaban J connectivity index is 2.81. The van der Waals surface area contributed by atoms with Crippen LogP contribution < -0.4 is 5.73 Å². The molecule has 0 aliphatic heterocycles. The fraction of sp³-hybridized carbons (Fsp3) is 0.286. The van der Waals surface area contributed by atoms with Crippen molar-refractivity contribution in [1.29, 1.82) is 0 Å². The van der Waals surface area contributed by atoms with Crippen LogP contribution in [0.25, 0.3) is 0 Å². The molecule has 2 N–H and O–H groups in total. The van der Waals surface area contributed by atoms with Crippen LogP contribution in [0, 0.1) is 0 Å². The fourth-order valence-corrected chi connectivity index (χ4v) is 1.41. The largest absolute Gasteiger partial charge is 0.467 e. The highest BCUT2D eigenvalue weighted by molar-refractivity contribution is 5.91. The molecule has 7 heteroatoms. The van der Waals surface area contributed by atoms with Crippen LogP contribution in [0.15, 0.2) is 42.0 Å². The molecule has 0 saturated carbocycles. The molecule has 0 aromatic heterocycles. The van der Waals surface area contributed by atoms with E-state index in [1.807, 2.05) is 0 Å². The van der Waals surface area contributed by atoms with E-state index in [2.05, 4.69) is 9.47 Å². The number of carbonyl (C=O) groups excluding carboxylic acids is 2. The third-order valence-electron chi connectivity index (χ3n) is 2.65. The topological polar surface area (TPSA) is 78.6 Å². The van der Waals surface area contributed by atoms with E-state index in [4.69, 9.17) is 5.73 Å². The van der Waals surface area contributed by atoms with E-state index in [0.717, 1.165) is 14.0 Å². The van der Waals surface area contributed by atoms with E-state index in [1.165, 1.54) is 0 Å². The average molecular weight is 299 g/mol. The Bertz CT molecular complexity index is 555. The molecule has 0 aliphatic rings. The van der Waals surface area contributed by atoms with Gasteiger partial charge in [0.25, 0.3) is 0 Å². The number of ether oxygens (including phenoxy) is 2. The molecule has 0 fully saturated rings. The quantitative estimate of drug-likeness (QED) is 0.662. The number of benzene rings is 1. The minimum atomic E-state index is -2.40. The second-order valence-corrected chi connectivity index (χ2v) is 4.38. The van der Waals surface area contributed by atoms with Gasteiger partial charge in [0.15, 0.2) is 11.4 Å². The van der Waals surface area contributed by atoms with Crippen LogP contribution in [0.4, 0.5) is 8.78 Å². The first-order chi connectivity index (χ1) is 9.80. The molecule has 1 aromatic rings. The summed E-state index contributed by atoms with van der Waals surface area (Å²) in [6.45, 7) is 0.651. The first-order valence-electron chi connectivity index (χ1n) is 5.94. The Morgan fingerprint density at radius 1 is 1.24 bits per heavy atom. The van der Waals surface area contributed by atoms with E-state index in [-0.39, 0.29) is 6.61 Å². The number of nitrogens with two attached hydrogens (primary N) is 1. The number of carbonyl (C=O) groups is 2. The zero-order chi connectivity index (χ0) is 16.0. The van der Waals surface area contributed by atoms with Gasteiger partial charge in [-0.15, -0.1) is 0 Å². The number of rotatable bonds is 5. The van der Waals surface area contributed by atoms with Gasteiger partial charge in [0.05, 0.1) is 7.11 Å². The molecule has 0 radical (unpaired) electrons. The van der Waals surface area contributed by atoms with Crippen molar-refractivity contribution in [3.8, 4) is 0 Å². The van der Waals surface area contributed by atoms with Crippen molar-refractivity contribution in [3.63, 3.8) is 0 Å². The molecule has 0 spiro atoms. The third-order valence-corrected chi connectivity index (χ3v) is 2.65. The van der Waals surface area contributed by atoms with Crippen LogP contribution in [0.1, 0.15) is 12.5 Å². The predicted molar refractivity (Wildman–Crippen MR) is 70.1 cm³/mol. The molecule has 21 heavy (non-hydrogen) atoms. The molecule has 0 saturated heterocycles. The van der Waals surface area contributed by atoms with Gasteiger partial charge in [-0.25, -0.2) is 14.0 Å². The first-order valence-corrected chi connectivity index (χ1v) is 5.94. The van der Waals surface area contributed by atoms with Crippen LogP contribution in [0.2, 0.25) is 0 Å². The molecule has 0 bridgehead atoms. The second kappa shape index (κ2) is 6.94. The summed E-state index contributed by atoms with van der Waals surface area (Å²) in [5.74, 6) is -6.36. The molecule has 114 valence electrons. The maximum absolute atomic E-state index is 13.8. The Kier molecular flexibility index (Phi) is 5.54. The Morgan fingerprint density at radius 2 is 1.81 bits per heavy atom. The molecule has 1 unspecified atom stereocenters. The van der Waals surface area contributed by atoms with E-state index in [9.17, 15) is 18.4 Å². The van der Waals surface area contributed by atoms with Gasteiger partial charge >= 0.3 is 11.9 Å². The molecule has 5 nitrogen and oxygen atoms in total. The van der Waals surface area contributed by atoms with Crippen LogP contribution in [-0.2, 0) is 25.7 Å². The normalized spacial score (nSPS) is 14.7. The molecule has 1 rings (SSSR count). The summed E-state index contributed by atoms with van der Waals surface area (Å²) >= 11 is 0. The number of hydrogen-bond acceptors (Lipinski definition) is 5. The predicted octanol–water partition coefficient (Wildman–Crippen LogP) is 1.77. The highest BCUT2D eigenvalue weighted by Gasteiger charge is 2.39. The van der Waals surface area contributed by atoms with Gasteiger partial charge in [-0.2, -0.15) is 4.39 Å². The molecular formula is C14H15F2NO4. The van der Waals surface area contributed by atoms with Gasteiger partial charge in [-0.1, -0.05) is 30.3 Å². The molecule has 1 aromatic carbocycles. The van der Waals surface area contributed by atoms with Crippen LogP contribution >= 0.6 is 0 Å². The zero-order valence-corrected chi connectivity index (χ0v) is 11.6. The molecule has 1 atom stereocenters. The monoisotopic (exact) mass is 299 g/mol. The SMILES string of the molecule is COC(=O)C(C)(N)/C(F)=C(\F)C(=O)OCc1ccccc1. The maximum atomic E-state index is 13.8. The van der Waals surface area contributed by atoms with Gasteiger partial charge < -0.3 is 15.2 Å². The summed E-state index contributed by atoms with van der Waals surface area (Å²) in [7, 11) is 0.965. The van der Waals surface area contributed by atoms with Crippen molar-refractivity contribution >= 4 is 11.9 Å². The van der Waals surface area contributed by atoms with Crippen molar-refractivity contribution in [2.24, 2.45) is 5.73 Å². The highest BCUT2D eigenvalue weighted by atomic mass is 19.2. The van der Waals surface area contributed by atoms with Crippen molar-refractivity contribution in [1.82, 2.24) is 0 Å². The minimum Gasteiger partial charge on any atom is -0.467 e. The van der Waals surface area contributed by atoms with Crippen LogP contribution in [-0.4, -0.2) is 24.6 Å². The molecular weight excluding hydrogens is 284 g/mol. The van der Waals surface area contributed by atoms with Crippen molar-refractivity contribution in [3.05, 3.63) is 47.5 Å². The second-order valence-electron chi connectivity index (χ2n) is 4.38. The molecule has 0 heterocycles. The van der Waals surface area contributed by atoms with Gasteiger partial charge in [-0.05, 0) is 12.5 Å². The summed E-state index contributed by atoms with van der Waals surface area (Å²) in [6, 6.07) is 8.44. The van der Waals surface area contributed by atoms with Crippen molar-refractivity contribution < 1.29 is 27.8 Å². The Morgan fingerprint density at radius 3 is 2.33 bits per heavy atom. The third kappa shape index (κ3) is 4.09.